The van der Waals surface area contributed by atoms with Crippen LogP contribution in [0, 0.1) is 0 Å². The van der Waals surface area contributed by atoms with Gasteiger partial charge in [0.2, 0.25) is 0 Å². The van der Waals surface area contributed by atoms with Crippen molar-refractivity contribution in [3.05, 3.63) is 72.8 Å². The Morgan fingerprint density at radius 2 is 1.26 bits per heavy atom. The Hall–Kier alpha value is -2.12. The minimum Gasteiger partial charge on any atom is -0.135 e. The van der Waals surface area contributed by atoms with Gasteiger partial charge < -0.3 is 0 Å². The number of hydrogen-bond donors (Lipinski definition) is 0. The molecule has 90 valence electrons. The van der Waals surface area contributed by atoms with Crippen molar-refractivity contribution >= 4 is 31.5 Å². The van der Waals surface area contributed by atoms with Gasteiger partial charge in [0.1, 0.15) is 0 Å². The second-order valence-corrected chi connectivity index (χ2v) is 5.76. The van der Waals surface area contributed by atoms with Crippen molar-refractivity contribution in [2.45, 2.75) is 0 Å². The quantitative estimate of drug-likeness (QED) is 0.410. The molecule has 0 atom stereocenters. The molecule has 1 heteroatoms. The van der Waals surface area contributed by atoms with Gasteiger partial charge in [-0.25, -0.2) is 0 Å². The Morgan fingerprint density at radius 3 is 2.16 bits per heavy atom. The maximum atomic E-state index is 2.30. The third-order valence-corrected chi connectivity index (χ3v) is 4.62. The fourth-order valence-corrected chi connectivity index (χ4v) is 3.68. The van der Waals surface area contributed by atoms with Crippen molar-refractivity contribution in [1.29, 1.82) is 0 Å². The van der Waals surface area contributed by atoms with Crippen LogP contribution < -0.4 is 0 Å². The van der Waals surface area contributed by atoms with Crippen LogP contribution in [0.3, 0.4) is 0 Å². The summed E-state index contributed by atoms with van der Waals surface area (Å²) in [7, 11) is 0. The molecule has 3 aromatic carbocycles. The number of thiophene rings is 1. The summed E-state index contributed by atoms with van der Waals surface area (Å²) in [5.74, 6) is 0. The molecule has 0 aliphatic rings. The van der Waals surface area contributed by atoms with Gasteiger partial charge in [0, 0.05) is 20.2 Å². The molecule has 0 amide bonds. The number of benzene rings is 3. The van der Waals surface area contributed by atoms with E-state index in [2.05, 4.69) is 72.8 Å². The van der Waals surface area contributed by atoms with E-state index in [1.54, 1.807) is 0 Å². The Kier molecular flexibility index (Phi) is 2.39. The van der Waals surface area contributed by atoms with E-state index in [1.807, 2.05) is 11.3 Å². The highest BCUT2D eigenvalue weighted by Gasteiger charge is 2.05. The Morgan fingerprint density at radius 1 is 0.526 bits per heavy atom. The average molecular weight is 260 g/mol. The van der Waals surface area contributed by atoms with Crippen LogP contribution in [-0.4, -0.2) is 0 Å². The van der Waals surface area contributed by atoms with Crippen LogP contribution >= 0.6 is 11.3 Å². The third kappa shape index (κ3) is 1.74. The summed E-state index contributed by atoms with van der Waals surface area (Å²) < 4.78 is 2.73. The summed E-state index contributed by atoms with van der Waals surface area (Å²) >= 11 is 1.87. The van der Waals surface area contributed by atoms with E-state index in [4.69, 9.17) is 0 Å². The second-order valence-electron chi connectivity index (χ2n) is 4.68. The van der Waals surface area contributed by atoms with Gasteiger partial charge in [-0.2, -0.15) is 0 Å². The minimum absolute atomic E-state index is 1.28. The van der Waals surface area contributed by atoms with Crippen LogP contribution in [0.1, 0.15) is 0 Å². The predicted molar refractivity (Wildman–Crippen MR) is 84.8 cm³/mol. The summed E-state index contributed by atoms with van der Waals surface area (Å²) in [4.78, 5) is 0. The molecule has 0 radical (unpaired) electrons. The molecule has 4 rings (SSSR count). The van der Waals surface area contributed by atoms with Gasteiger partial charge in [0.25, 0.3) is 0 Å². The first kappa shape index (κ1) is 10.8. The van der Waals surface area contributed by atoms with Crippen LogP contribution in [-0.2, 0) is 0 Å². The van der Waals surface area contributed by atoms with E-state index >= 15 is 0 Å². The molecule has 0 aliphatic heterocycles. The highest BCUT2D eigenvalue weighted by atomic mass is 32.1. The van der Waals surface area contributed by atoms with Crippen molar-refractivity contribution < 1.29 is 0 Å². The van der Waals surface area contributed by atoms with Gasteiger partial charge >= 0.3 is 0 Å². The molecule has 0 nitrogen and oxygen atoms in total. The van der Waals surface area contributed by atoms with Gasteiger partial charge in [-0.05, 0) is 23.3 Å². The molecular formula is C18H12S. The smallest absolute Gasteiger partial charge is 0.0361 e. The second kappa shape index (κ2) is 4.22. The van der Waals surface area contributed by atoms with Crippen molar-refractivity contribution in [2.24, 2.45) is 0 Å². The summed E-state index contributed by atoms with van der Waals surface area (Å²) in [6.07, 6.45) is 0. The summed E-state index contributed by atoms with van der Waals surface area (Å²) in [5.41, 5.74) is 2.57. The van der Waals surface area contributed by atoms with Gasteiger partial charge in [-0.3, -0.25) is 0 Å². The average Bonchev–Trinajstić information content (AvgIpc) is 2.86. The van der Waals surface area contributed by atoms with Crippen molar-refractivity contribution in [3.8, 4) is 11.1 Å². The summed E-state index contributed by atoms with van der Waals surface area (Å²) in [6.45, 7) is 0. The molecule has 0 spiro atoms. The van der Waals surface area contributed by atoms with Gasteiger partial charge in [0.15, 0.2) is 0 Å². The summed E-state index contributed by atoms with van der Waals surface area (Å²) in [6, 6.07) is 25.9. The van der Waals surface area contributed by atoms with Crippen LogP contribution in [0.5, 0.6) is 0 Å². The number of hydrogen-bond acceptors (Lipinski definition) is 1. The highest BCUT2D eigenvalue weighted by Crippen LogP contribution is 2.35. The van der Waals surface area contributed by atoms with E-state index in [1.165, 1.54) is 31.3 Å². The number of fused-ring (bicyclic) bond motifs is 3. The van der Waals surface area contributed by atoms with E-state index in [9.17, 15) is 0 Å². The van der Waals surface area contributed by atoms with Gasteiger partial charge in [-0.15, -0.1) is 11.3 Å². The molecule has 1 heterocycles. The van der Waals surface area contributed by atoms with Crippen LogP contribution in [0.4, 0.5) is 0 Å². The van der Waals surface area contributed by atoms with Crippen molar-refractivity contribution in [3.63, 3.8) is 0 Å². The zero-order chi connectivity index (χ0) is 12.7. The predicted octanol–water partition coefficient (Wildman–Crippen LogP) is 5.72. The van der Waals surface area contributed by atoms with E-state index in [-0.39, 0.29) is 0 Å². The lowest BCUT2D eigenvalue weighted by Gasteiger charge is -2.01. The fourth-order valence-electron chi connectivity index (χ4n) is 2.54. The first-order chi connectivity index (χ1) is 9.42. The molecule has 0 N–H and O–H groups in total. The van der Waals surface area contributed by atoms with E-state index in [0.717, 1.165) is 0 Å². The normalized spacial score (nSPS) is 11.2. The van der Waals surface area contributed by atoms with Crippen molar-refractivity contribution in [2.75, 3.05) is 0 Å². The lowest BCUT2D eigenvalue weighted by molar-refractivity contribution is 1.66. The summed E-state index contributed by atoms with van der Waals surface area (Å²) in [5, 5.41) is 2.72. The third-order valence-electron chi connectivity index (χ3n) is 3.49. The van der Waals surface area contributed by atoms with Gasteiger partial charge in [0.05, 0.1) is 0 Å². The molecule has 0 saturated heterocycles. The molecule has 0 bridgehead atoms. The molecule has 0 unspecified atom stereocenters. The largest absolute Gasteiger partial charge is 0.135 e. The highest BCUT2D eigenvalue weighted by molar-refractivity contribution is 7.25. The fraction of sp³-hybridized carbons (Fsp3) is 0. The zero-order valence-corrected chi connectivity index (χ0v) is 11.2. The molecule has 19 heavy (non-hydrogen) atoms. The topological polar surface area (TPSA) is 0 Å². The maximum Gasteiger partial charge on any atom is 0.0361 e. The molecule has 0 fully saturated rings. The first-order valence-electron chi connectivity index (χ1n) is 6.38. The standard InChI is InChI=1S/C18H12S/c1-2-6-13(7-3-1)14-10-11-16-15-8-4-5-9-17(15)19-18(16)12-14/h1-12H. The van der Waals surface area contributed by atoms with Crippen LogP contribution in [0.25, 0.3) is 31.3 Å². The SMILES string of the molecule is c1ccc(-c2ccc3c(c2)sc2ccccc23)cc1. The molecule has 0 aliphatic carbocycles. The lowest BCUT2D eigenvalue weighted by Crippen LogP contribution is -1.75. The maximum absolute atomic E-state index is 2.30. The first-order valence-corrected chi connectivity index (χ1v) is 7.20. The molecule has 1 aromatic heterocycles. The van der Waals surface area contributed by atoms with Gasteiger partial charge in [-0.1, -0.05) is 60.7 Å². The zero-order valence-electron chi connectivity index (χ0n) is 10.3. The number of rotatable bonds is 1. The lowest BCUT2D eigenvalue weighted by atomic mass is 10.0. The Balaban J connectivity index is 1.99. The Bertz CT molecular complexity index is 857. The molecule has 4 aromatic rings. The van der Waals surface area contributed by atoms with Crippen molar-refractivity contribution in [1.82, 2.24) is 0 Å². The van der Waals surface area contributed by atoms with Crippen LogP contribution in [0.2, 0.25) is 0 Å². The minimum atomic E-state index is 1.28. The molecular weight excluding hydrogens is 248 g/mol. The molecule has 0 saturated carbocycles. The van der Waals surface area contributed by atoms with Crippen LogP contribution in [0.15, 0.2) is 72.8 Å². The monoisotopic (exact) mass is 260 g/mol. The van der Waals surface area contributed by atoms with E-state index in [0.29, 0.717) is 0 Å². The Labute approximate surface area is 115 Å². The van der Waals surface area contributed by atoms with E-state index < -0.39 is 0 Å².